The van der Waals surface area contributed by atoms with Crippen LogP contribution in [-0.4, -0.2) is 19.1 Å². The fourth-order valence-corrected chi connectivity index (χ4v) is 2.59. The first-order chi connectivity index (χ1) is 7.90. The highest BCUT2D eigenvalue weighted by atomic mass is 14.9. The van der Waals surface area contributed by atoms with E-state index in [1.807, 2.05) is 0 Å². The van der Waals surface area contributed by atoms with Gasteiger partial charge in [0.25, 0.3) is 0 Å². The van der Waals surface area contributed by atoms with Crippen molar-refractivity contribution in [3.05, 3.63) is 35.9 Å². The molecule has 0 amide bonds. The van der Waals surface area contributed by atoms with E-state index in [4.69, 9.17) is 5.73 Å². The molecule has 0 spiro atoms. The average Bonchev–Trinajstić information content (AvgIpc) is 2.38. The molecule has 1 aromatic carbocycles. The summed E-state index contributed by atoms with van der Waals surface area (Å²) in [6, 6.07) is 11.3. The zero-order valence-corrected chi connectivity index (χ0v) is 9.86. The minimum atomic E-state index is 0.586. The first-order valence-electron chi connectivity index (χ1n) is 6.37. The lowest BCUT2D eigenvalue weighted by Gasteiger charge is -2.30. The molecule has 88 valence electrons. The van der Waals surface area contributed by atoms with E-state index >= 15 is 0 Å². The average molecular weight is 218 g/mol. The number of rotatable bonds is 4. The monoisotopic (exact) mass is 218 g/mol. The van der Waals surface area contributed by atoms with Crippen molar-refractivity contribution in [2.24, 2.45) is 11.7 Å². The summed E-state index contributed by atoms with van der Waals surface area (Å²) >= 11 is 0. The van der Waals surface area contributed by atoms with Gasteiger partial charge in [-0.15, -0.1) is 0 Å². The topological polar surface area (TPSA) is 38.0 Å². The van der Waals surface area contributed by atoms with Gasteiger partial charge in [0.15, 0.2) is 0 Å². The second-order valence-electron chi connectivity index (χ2n) is 4.74. The normalized spacial score (nSPS) is 22.9. The number of piperidine rings is 1. The van der Waals surface area contributed by atoms with E-state index in [0.717, 1.165) is 19.5 Å². The maximum atomic E-state index is 5.91. The van der Waals surface area contributed by atoms with Gasteiger partial charge in [0.05, 0.1) is 0 Å². The van der Waals surface area contributed by atoms with Crippen LogP contribution >= 0.6 is 0 Å². The van der Waals surface area contributed by atoms with Crippen molar-refractivity contribution in [1.29, 1.82) is 0 Å². The van der Waals surface area contributed by atoms with Crippen molar-refractivity contribution in [2.45, 2.75) is 31.7 Å². The molecule has 0 unspecified atom stereocenters. The van der Waals surface area contributed by atoms with Gasteiger partial charge in [0.1, 0.15) is 0 Å². The first kappa shape index (κ1) is 11.6. The summed E-state index contributed by atoms with van der Waals surface area (Å²) in [7, 11) is 0. The van der Waals surface area contributed by atoms with Crippen molar-refractivity contribution in [3.63, 3.8) is 0 Å². The largest absolute Gasteiger partial charge is 0.330 e. The van der Waals surface area contributed by atoms with Crippen LogP contribution in [0.2, 0.25) is 0 Å². The highest BCUT2D eigenvalue weighted by Gasteiger charge is 2.21. The molecule has 1 aliphatic rings. The summed E-state index contributed by atoms with van der Waals surface area (Å²) in [4.78, 5) is 0. The maximum Gasteiger partial charge on any atom is 0.0111 e. The Kier molecular flexibility index (Phi) is 4.37. The van der Waals surface area contributed by atoms with Gasteiger partial charge in [0, 0.05) is 6.04 Å². The zero-order valence-electron chi connectivity index (χ0n) is 9.86. The fourth-order valence-electron chi connectivity index (χ4n) is 2.59. The molecule has 1 aromatic rings. The lowest BCUT2D eigenvalue weighted by Crippen LogP contribution is -2.43. The summed E-state index contributed by atoms with van der Waals surface area (Å²) in [5.41, 5.74) is 7.32. The molecule has 1 saturated heterocycles. The van der Waals surface area contributed by atoms with Gasteiger partial charge in [-0.3, -0.25) is 0 Å². The summed E-state index contributed by atoms with van der Waals surface area (Å²) in [6.07, 6.45) is 5.06. The third-order valence-corrected chi connectivity index (χ3v) is 3.56. The SMILES string of the molecule is NC[C@H](Cc1ccccc1)[C@@H]1CCCCN1. The van der Waals surface area contributed by atoms with Crippen LogP contribution in [0, 0.1) is 5.92 Å². The van der Waals surface area contributed by atoms with Crippen LogP contribution in [-0.2, 0) is 6.42 Å². The van der Waals surface area contributed by atoms with Gasteiger partial charge in [-0.2, -0.15) is 0 Å². The predicted octanol–water partition coefficient (Wildman–Crippen LogP) is 1.95. The lowest BCUT2D eigenvalue weighted by atomic mass is 9.87. The van der Waals surface area contributed by atoms with E-state index in [-0.39, 0.29) is 0 Å². The van der Waals surface area contributed by atoms with Crippen LogP contribution in [0.4, 0.5) is 0 Å². The van der Waals surface area contributed by atoms with Crippen LogP contribution in [0.3, 0.4) is 0 Å². The van der Waals surface area contributed by atoms with E-state index < -0.39 is 0 Å². The molecule has 1 aliphatic heterocycles. The molecule has 0 bridgehead atoms. The summed E-state index contributed by atoms with van der Waals surface area (Å²) in [5.74, 6) is 0.586. The van der Waals surface area contributed by atoms with Gasteiger partial charge in [0.2, 0.25) is 0 Å². The van der Waals surface area contributed by atoms with Crippen molar-refractivity contribution in [2.75, 3.05) is 13.1 Å². The molecule has 2 nitrogen and oxygen atoms in total. The molecule has 1 fully saturated rings. The Labute approximate surface area is 98.2 Å². The fraction of sp³-hybridized carbons (Fsp3) is 0.571. The molecule has 0 saturated carbocycles. The van der Waals surface area contributed by atoms with Crippen LogP contribution in [0.25, 0.3) is 0 Å². The number of nitrogens with one attached hydrogen (secondary N) is 1. The van der Waals surface area contributed by atoms with E-state index in [0.29, 0.717) is 12.0 Å². The molecule has 0 aliphatic carbocycles. The van der Waals surface area contributed by atoms with Gasteiger partial charge in [-0.1, -0.05) is 36.8 Å². The predicted molar refractivity (Wildman–Crippen MR) is 68.3 cm³/mol. The van der Waals surface area contributed by atoms with E-state index in [1.54, 1.807) is 0 Å². The molecule has 3 N–H and O–H groups in total. The highest BCUT2D eigenvalue weighted by molar-refractivity contribution is 5.15. The molecule has 2 atom stereocenters. The Hall–Kier alpha value is -0.860. The molecule has 2 heteroatoms. The Bertz CT molecular complexity index is 291. The minimum absolute atomic E-state index is 0.586. The van der Waals surface area contributed by atoms with Gasteiger partial charge in [-0.05, 0) is 43.8 Å². The van der Waals surface area contributed by atoms with Gasteiger partial charge in [-0.25, -0.2) is 0 Å². The maximum absolute atomic E-state index is 5.91. The quantitative estimate of drug-likeness (QED) is 0.810. The van der Waals surface area contributed by atoms with Gasteiger partial charge < -0.3 is 11.1 Å². The van der Waals surface area contributed by atoms with Gasteiger partial charge >= 0.3 is 0 Å². The summed E-state index contributed by atoms with van der Waals surface area (Å²) < 4.78 is 0. The van der Waals surface area contributed by atoms with Crippen molar-refractivity contribution in [1.82, 2.24) is 5.32 Å². The van der Waals surface area contributed by atoms with E-state index in [1.165, 1.54) is 24.8 Å². The standard InChI is InChI=1S/C14H22N2/c15-11-13(14-8-4-5-9-16-14)10-12-6-2-1-3-7-12/h1-3,6-7,13-14,16H,4-5,8-11,15H2/t13-,14-/m0/s1. The second kappa shape index (κ2) is 6.02. The summed E-state index contributed by atoms with van der Waals surface area (Å²) in [5, 5.41) is 3.61. The number of hydrogen-bond acceptors (Lipinski definition) is 2. The van der Waals surface area contributed by atoms with Crippen molar-refractivity contribution >= 4 is 0 Å². The first-order valence-corrected chi connectivity index (χ1v) is 6.37. The molecular weight excluding hydrogens is 196 g/mol. The van der Waals surface area contributed by atoms with E-state index in [2.05, 4.69) is 35.6 Å². The third kappa shape index (κ3) is 3.06. The van der Waals surface area contributed by atoms with Crippen molar-refractivity contribution < 1.29 is 0 Å². The minimum Gasteiger partial charge on any atom is -0.330 e. The molecular formula is C14H22N2. The Morgan fingerprint density at radius 1 is 1.25 bits per heavy atom. The third-order valence-electron chi connectivity index (χ3n) is 3.56. The van der Waals surface area contributed by atoms with Crippen LogP contribution in [0.15, 0.2) is 30.3 Å². The van der Waals surface area contributed by atoms with Crippen LogP contribution in [0.5, 0.6) is 0 Å². The zero-order chi connectivity index (χ0) is 11.2. The Morgan fingerprint density at radius 2 is 2.06 bits per heavy atom. The van der Waals surface area contributed by atoms with Crippen molar-refractivity contribution in [3.8, 4) is 0 Å². The number of nitrogens with two attached hydrogens (primary N) is 1. The molecule has 16 heavy (non-hydrogen) atoms. The molecule has 1 heterocycles. The van der Waals surface area contributed by atoms with E-state index in [9.17, 15) is 0 Å². The number of hydrogen-bond donors (Lipinski definition) is 2. The smallest absolute Gasteiger partial charge is 0.0111 e. The lowest BCUT2D eigenvalue weighted by molar-refractivity contribution is 0.297. The summed E-state index contributed by atoms with van der Waals surface area (Å²) in [6.45, 7) is 1.95. The van der Waals surface area contributed by atoms with Crippen LogP contribution in [0.1, 0.15) is 24.8 Å². The molecule has 0 aromatic heterocycles. The Morgan fingerprint density at radius 3 is 2.69 bits per heavy atom. The Balaban J connectivity index is 1.94. The molecule has 0 radical (unpaired) electrons. The number of benzene rings is 1. The second-order valence-corrected chi connectivity index (χ2v) is 4.74. The molecule has 2 rings (SSSR count). The highest BCUT2D eigenvalue weighted by Crippen LogP contribution is 2.18. The van der Waals surface area contributed by atoms with Crippen LogP contribution < -0.4 is 11.1 Å².